The summed E-state index contributed by atoms with van der Waals surface area (Å²) in [4.78, 5) is 4.63. The Balaban J connectivity index is 3.16. The number of allylic oxidation sites excluding steroid dienone is 1. The van der Waals surface area contributed by atoms with Gasteiger partial charge < -0.3 is 5.73 Å². The largest absolute Gasteiger partial charge is 0.383 e. The van der Waals surface area contributed by atoms with Gasteiger partial charge in [0.1, 0.15) is 5.82 Å². The molecule has 0 aliphatic carbocycles. The molecule has 0 amide bonds. The number of nitrogens with two attached hydrogens (primary N) is 1. The van der Waals surface area contributed by atoms with E-state index in [0.717, 1.165) is 10.5 Å². The van der Waals surface area contributed by atoms with Crippen molar-refractivity contribution in [2.24, 2.45) is 0 Å². The monoisotopic (exact) mass is 166 g/mol. The molecular formula is C8H10N2S. The molecule has 1 rings (SSSR count). The second-order valence-corrected chi connectivity index (χ2v) is 2.58. The summed E-state index contributed by atoms with van der Waals surface area (Å²) in [6.07, 6.45) is 5.55. The van der Waals surface area contributed by atoms with Gasteiger partial charge in [-0.3, -0.25) is 0 Å². The molecule has 1 aromatic heterocycles. The summed E-state index contributed by atoms with van der Waals surface area (Å²) in [5, 5.41) is 0. The normalized spacial score (nSPS) is 10.7. The summed E-state index contributed by atoms with van der Waals surface area (Å²) < 4.78 is 0. The summed E-state index contributed by atoms with van der Waals surface area (Å²) in [6, 6.07) is 1.87. The Kier molecular flexibility index (Phi) is 2.54. The maximum Gasteiger partial charge on any atom is 0.137 e. The quantitative estimate of drug-likeness (QED) is 0.626. The first-order valence-electron chi connectivity index (χ1n) is 3.32. The Hall–Kier alpha value is -0.960. The van der Waals surface area contributed by atoms with Crippen molar-refractivity contribution in [2.45, 2.75) is 11.8 Å². The van der Waals surface area contributed by atoms with Gasteiger partial charge in [-0.05, 0) is 18.6 Å². The molecule has 0 atom stereocenters. The predicted octanol–water partition coefficient (Wildman–Crippen LogP) is 1.99. The molecule has 0 fully saturated rings. The van der Waals surface area contributed by atoms with E-state index < -0.39 is 0 Å². The van der Waals surface area contributed by atoms with E-state index in [4.69, 9.17) is 5.73 Å². The molecule has 1 aromatic rings. The van der Waals surface area contributed by atoms with Gasteiger partial charge in [0.2, 0.25) is 0 Å². The summed E-state index contributed by atoms with van der Waals surface area (Å²) >= 11 is 4.21. The van der Waals surface area contributed by atoms with Crippen molar-refractivity contribution in [1.82, 2.24) is 4.98 Å². The van der Waals surface area contributed by atoms with Crippen LogP contribution in [0.15, 0.2) is 23.2 Å². The van der Waals surface area contributed by atoms with Gasteiger partial charge in [-0.1, -0.05) is 12.2 Å². The molecule has 0 aliphatic rings. The zero-order valence-electron chi connectivity index (χ0n) is 6.28. The van der Waals surface area contributed by atoms with Crippen molar-refractivity contribution in [3.8, 4) is 0 Å². The molecule has 3 heteroatoms. The molecule has 0 aromatic carbocycles. The fourth-order valence-electron chi connectivity index (χ4n) is 0.800. The highest BCUT2D eigenvalue weighted by Gasteiger charge is 1.97. The topological polar surface area (TPSA) is 38.9 Å². The lowest BCUT2D eigenvalue weighted by Crippen LogP contribution is -1.92. The lowest BCUT2D eigenvalue weighted by atomic mass is 10.2. The molecular weight excluding hydrogens is 156 g/mol. The molecule has 0 radical (unpaired) electrons. The zero-order chi connectivity index (χ0) is 8.27. The molecule has 1 heterocycles. The number of thiol groups is 1. The van der Waals surface area contributed by atoms with Crippen LogP contribution in [0.1, 0.15) is 12.5 Å². The molecule has 11 heavy (non-hydrogen) atoms. The summed E-state index contributed by atoms with van der Waals surface area (Å²) in [5.41, 5.74) is 6.53. The van der Waals surface area contributed by atoms with Gasteiger partial charge in [0.15, 0.2) is 0 Å². The van der Waals surface area contributed by atoms with Gasteiger partial charge >= 0.3 is 0 Å². The van der Waals surface area contributed by atoms with E-state index in [-0.39, 0.29) is 0 Å². The van der Waals surface area contributed by atoms with E-state index in [9.17, 15) is 0 Å². The van der Waals surface area contributed by atoms with E-state index >= 15 is 0 Å². The number of rotatable bonds is 1. The third-order valence-corrected chi connectivity index (χ3v) is 1.82. The standard InChI is InChI=1S/C8H10N2S/c1-2-3-6-4-5-10-8(9)7(6)11/h2-5,11H,1H3,(H2,9,10)/b3-2+. The summed E-state index contributed by atoms with van der Waals surface area (Å²) in [7, 11) is 0. The van der Waals surface area contributed by atoms with Crippen LogP contribution in [0.5, 0.6) is 0 Å². The van der Waals surface area contributed by atoms with Crippen LogP contribution >= 0.6 is 12.6 Å². The van der Waals surface area contributed by atoms with E-state index in [1.165, 1.54) is 0 Å². The lowest BCUT2D eigenvalue weighted by molar-refractivity contribution is 1.24. The average molecular weight is 166 g/mol. The second kappa shape index (κ2) is 3.44. The summed E-state index contributed by atoms with van der Waals surface area (Å²) in [5.74, 6) is 0.476. The molecule has 2 N–H and O–H groups in total. The van der Waals surface area contributed by atoms with Crippen molar-refractivity contribution < 1.29 is 0 Å². The highest BCUT2D eigenvalue weighted by molar-refractivity contribution is 7.80. The molecule has 0 bridgehead atoms. The fraction of sp³-hybridized carbons (Fsp3) is 0.125. The first-order valence-corrected chi connectivity index (χ1v) is 3.76. The maximum absolute atomic E-state index is 5.53. The fourth-order valence-corrected chi connectivity index (χ4v) is 1.01. The van der Waals surface area contributed by atoms with Crippen LogP contribution in [-0.2, 0) is 0 Å². The van der Waals surface area contributed by atoms with Gasteiger partial charge in [0.25, 0.3) is 0 Å². The minimum absolute atomic E-state index is 0.476. The minimum atomic E-state index is 0.476. The van der Waals surface area contributed by atoms with Gasteiger partial charge in [0, 0.05) is 6.20 Å². The van der Waals surface area contributed by atoms with Gasteiger partial charge in [0.05, 0.1) is 4.90 Å². The number of aromatic nitrogens is 1. The molecule has 0 spiro atoms. The van der Waals surface area contributed by atoms with E-state index in [1.807, 2.05) is 25.1 Å². The predicted molar refractivity (Wildman–Crippen MR) is 50.6 cm³/mol. The molecule has 2 nitrogen and oxygen atoms in total. The number of hydrogen-bond donors (Lipinski definition) is 2. The van der Waals surface area contributed by atoms with Crippen LogP contribution < -0.4 is 5.73 Å². The van der Waals surface area contributed by atoms with E-state index in [0.29, 0.717) is 5.82 Å². The van der Waals surface area contributed by atoms with Crippen LogP contribution in [0.3, 0.4) is 0 Å². The van der Waals surface area contributed by atoms with Crippen LogP contribution in [0, 0.1) is 0 Å². The maximum atomic E-state index is 5.53. The number of pyridine rings is 1. The minimum Gasteiger partial charge on any atom is -0.383 e. The molecule has 0 aliphatic heterocycles. The second-order valence-electron chi connectivity index (χ2n) is 2.13. The van der Waals surface area contributed by atoms with Crippen molar-refractivity contribution in [3.05, 3.63) is 23.9 Å². The van der Waals surface area contributed by atoms with Gasteiger partial charge in [-0.2, -0.15) is 0 Å². The van der Waals surface area contributed by atoms with Crippen LogP contribution in [-0.4, -0.2) is 4.98 Å². The number of anilines is 1. The zero-order valence-corrected chi connectivity index (χ0v) is 7.18. The van der Waals surface area contributed by atoms with Crippen molar-refractivity contribution in [2.75, 3.05) is 5.73 Å². The number of hydrogen-bond acceptors (Lipinski definition) is 3. The smallest absolute Gasteiger partial charge is 0.137 e. The SMILES string of the molecule is C/C=C/c1ccnc(N)c1S. The van der Waals surface area contributed by atoms with Crippen molar-refractivity contribution in [3.63, 3.8) is 0 Å². The Labute approximate surface area is 71.6 Å². The first kappa shape index (κ1) is 8.14. The van der Waals surface area contributed by atoms with E-state index in [1.54, 1.807) is 6.20 Å². The Bertz CT molecular complexity index is 281. The number of nitrogen functional groups attached to an aromatic ring is 1. The molecule has 0 unspecified atom stereocenters. The molecule has 0 saturated carbocycles. The van der Waals surface area contributed by atoms with Gasteiger partial charge in [-0.15, -0.1) is 12.6 Å². The highest BCUT2D eigenvalue weighted by Crippen LogP contribution is 2.19. The third kappa shape index (κ3) is 1.74. The first-order chi connectivity index (χ1) is 5.25. The Morgan fingerprint density at radius 2 is 2.36 bits per heavy atom. The van der Waals surface area contributed by atoms with Crippen molar-refractivity contribution >= 4 is 24.5 Å². The van der Waals surface area contributed by atoms with Crippen molar-refractivity contribution in [1.29, 1.82) is 0 Å². The Morgan fingerprint density at radius 3 is 3.00 bits per heavy atom. The van der Waals surface area contributed by atoms with E-state index in [2.05, 4.69) is 17.6 Å². The van der Waals surface area contributed by atoms with Crippen LogP contribution in [0.4, 0.5) is 5.82 Å². The Morgan fingerprint density at radius 1 is 1.64 bits per heavy atom. The molecule has 0 saturated heterocycles. The number of nitrogens with zero attached hydrogens (tertiary/aromatic N) is 1. The van der Waals surface area contributed by atoms with Crippen LogP contribution in [0.2, 0.25) is 0 Å². The van der Waals surface area contributed by atoms with Crippen LogP contribution in [0.25, 0.3) is 6.08 Å². The lowest BCUT2D eigenvalue weighted by Gasteiger charge is -2.00. The third-order valence-electron chi connectivity index (χ3n) is 1.33. The summed E-state index contributed by atoms with van der Waals surface area (Å²) in [6.45, 7) is 1.95. The molecule has 58 valence electrons. The average Bonchev–Trinajstić information content (AvgIpc) is 1.99. The highest BCUT2D eigenvalue weighted by atomic mass is 32.1. The van der Waals surface area contributed by atoms with Gasteiger partial charge in [-0.25, -0.2) is 4.98 Å².